The van der Waals surface area contributed by atoms with Crippen LogP contribution in [0.1, 0.15) is 11.3 Å². The van der Waals surface area contributed by atoms with Crippen LogP contribution in [0.2, 0.25) is 5.02 Å². The highest BCUT2D eigenvalue weighted by molar-refractivity contribution is 8.03. The lowest BCUT2D eigenvalue weighted by molar-refractivity contribution is -0.673. The molecule has 2 heterocycles. The molecule has 0 saturated carbocycles. The van der Waals surface area contributed by atoms with Gasteiger partial charge in [0, 0.05) is 40.1 Å². The SMILES string of the molecule is O=S(=O)([O-])c1ccc(OCC[n+]2c(C=C3Sc4ccc(Cl)cc4N3CCc3cccc4ccccc34)ccc3ccccc32)cc1. The summed E-state index contributed by atoms with van der Waals surface area (Å²) in [5.74, 6) is 0.492. The summed E-state index contributed by atoms with van der Waals surface area (Å²) in [6.45, 7) is 1.67. The highest BCUT2D eigenvalue weighted by Gasteiger charge is 2.27. The number of halogens is 1. The fraction of sp³-hybridized carbons (Fsp3) is 0.108. The molecule has 0 amide bonds. The first-order valence-corrected chi connectivity index (χ1v) is 17.5. The standard InChI is InChI=1S/C37H29ClN2O4S2/c38-29-13-19-36-35(24-29)40(21-20-27-9-5-8-26-6-1-3-10-33(26)27)37(45-36)25-30-14-12-28-7-2-4-11-34(28)39(30)22-23-44-31-15-17-32(18-16-31)46(41,42)43/h1-19,24-25H,20-23H2. The van der Waals surface area contributed by atoms with Crippen molar-refractivity contribution in [2.45, 2.75) is 22.8 Å². The zero-order valence-corrected chi connectivity index (χ0v) is 27.1. The molecule has 0 N–H and O–H groups in total. The average Bonchev–Trinajstić information content (AvgIpc) is 3.40. The first-order valence-electron chi connectivity index (χ1n) is 14.9. The van der Waals surface area contributed by atoms with E-state index >= 15 is 0 Å². The molecule has 6 aromatic rings. The molecule has 9 heteroatoms. The lowest BCUT2D eigenvalue weighted by Crippen LogP contribution is -2.40. The van der Waals surface area contributed by atoms with Crippen LogP contribution in [0.4, 0.5) is 5.69 Å². The Balaban J connectivity index is 1.20. The van der Waals surface area contributed by atoms with Crippen LogP contribution >= 0.6 is 23.4 Å². The normalized spacial score (nSPS) is 13.9. The van der Waals surface area contributed by atoms with Crippen LogP contribution in [0.15, 0.2) is 136 Å². The molecule has 7 rings (SSSR count). The molecule has 5 aromatic carbocycles. The van der Waals surface area contributed by atoms with E-state index in [0.29, 0.717) is 23.9 Å². The van der Waals surface area contributed by atoms with Gasteiger partial charge in [0.1, 0.15) is 22.5 Å². The highest BCUT2D eigenvalue weighted by Crippen LogP contribution is 2.47. The highest BCUT2D eigenvalue weighted by atomic mass is 35.5. The fourth-order valence-electron chi connectivity index (χ4n) is 5.89. The van der Waals surface area contributed by atoms with Crippen LogP contribution in [0.25, 0.3) is 27.8 Å². The summed E-state index contributed by atoms with van der Waals surface area (Å²) in [6.07, 6.45) is 3.09. The van der Waals surface area contributed by atoms with Crippen LogP contribution in [-0.4, -0.2) is 26.1 Å². The van der Waals surface area contributed by atoms with Gasteiger partial charge in [-0.1, -0.05) is 78.0 Å². The summed E-state index contributed by atoms with van der Waals surface area (Å²) in [7, 11) is -4.51. The number of fused-ring (bicyclic) bond motifs is 3. The van der Waals surface area contributed by atoms with E-state index in [-0.39, 0.29) is 4.90 Å². The second-order valence-corrected chi connectivity index (χ2v) is 13.9. The fourth-order valence-corrected chi connectivity index (χ4v) is 7.64. The largest absolute Gasteiger partial charge is 0.744 e. The van der Waals surface area contributed by atoms with E-state index in [9.17, 15) is 13.0 Å². The molecule has 0 fully saturated rings. The molecule has 1 aromatic heterocycles. The number of benzene rings is 5. The van der Waals surface area contributed by atoms with Crippen LogP contribution in [0.5, 0.6) is 5.75 Å². The molecule has 0 unspecified atom stereocenters. The summed E-state index contributed by atoms with van der Waals surface area (Å²) < 4.78 is 42.1. The van der Waals surface area contributed by atoms with Crippen molar-refractivity contribution in [3.63, 3.8) is 0 Å². The molecule has 1 aliphatic heterocycles. The van der Waals surface area contributed by atoms with Gasteiger partial charge in [-0.3, -0.25) is 0 Å². The molecule has 0 spiro atoms. The van der Waals surface area contributed by atoms with Crippen LogP contribution in [0, 0.1) is 0 Å². The van der Waals surface area contributed by atoms with Gasteiger partial charge in [-0.25, -0.2) is 8.42 Å². The smallest absolute Gasteiger partial charge is 0.213 e. The van der Waals surface area contributed by atoms with E-state index in [4.69, 9.17) is 16.3 Å². The maximum atomic E-state index is 11.3. The number of hydrogen-bond acceptors (Lipinski definition) is 6. The van der Waals surface area contributed by atoms with E-state index in [0.717, 1.165) is 45.2 Å². The van der Waals surface area contributed by atoms with Gasteiger partial charge in [0.15, 0.2) is 6.54 Å². The van der Waals surface area contributed by atoms with Crippen molar-refractivity contribution in [1.82, 2.24) is 0 Å². The Hall–Kier alpha value is -4.34. The number of pyridine rings is 1. The van der Waals surface area contributed by atoms with Crippen LogP contribution in [-0.2, 0) is 23.1 Å². The Morgan fingerprint density at radius 3 is 2.43 bits per heavy atom. The predicted octanol–water partition coefficient (Wildman–Crippen LogP) is 8.07. The van der Waals surface area contributed by atoms with E-state index in [1.54, 1.807) is 11.8 Å². The van der Waals surface area contributed by atoms with Crippen LogP contribution < -0.4 is 14.2 Å². The van der Waals surface area contributed by atoms with Gasteiger partial charge in [0.05, 0.1) is 15.6 Å². The first kappa shape index (κ1) is 30.3. The Bertz CT molecular complexity index is 2210. The summed E-state index contributed by atoms with van der Waals surface area (Å²) in [5, 5.41) is 5.43. The molecule has 0 aliphatic carbocycles. The molecule has 230 valence electrons. The molecular weight excluding hydrogens is 636 g/mol. The van der Waals surface area contributed by atoms with E-state index in [2.05, 4.69) is 88.3 Å². The maximum absolute atomic E-state index is 11.3. The second kappa shape index (κ2) is 12.8. The van der Waals surface area contributed by atoms with Crippen molar-refractivity contribution < 1.29 is 22.3 Å². The lowest BCUT2D eigenvalue weighted by Gasteiger charge is -2.21. The number of nitrogens with zero attached hydrogens (tertiary/aromatic N) is 2. The minimum Gasteiger partial charge on any atom is -0.744 e. The number of thioether (sulfide) groups is 1. The van der Waals surface area contributed by atoms with Crippen molar-refractivity contribution in [3.8, 4) is 5.75 Å². The number of ether oxygens (including phenoxy) is 1. The predicted molar refractivity (Wildman–Crippen MR) is 184 cm³/mol. The minimum absolute atomic E-state index is 0.279. The minimum atomic E-state index is -4.51. The molecule has 46 heavy (non-hydrogen) atoms. The topological polar surface area (TPSA) is 73.5 Å². The Labute approximate surface area is 277 Å². The summed E-state index contributed by atoms with van der Waals surface area (Å²) >= 11 is 8.24. The van der Waals surface area contributed by atoms with E-state index < -0.39 is 10.1 Å². The third kappa shape index (κ3) is 6.34. The number of para-hydroxylation sites is 1. The molecule has 1 aliphatic rings. The van der Waals surface area contributed by atoms with Gasteiger partial charge in [0.25, 0.3) is 0 Å². The Morgan fingerprint density at radius 2 is 1.61 bits per heavy atom. The third-order valence-electron chi connectivity index (χ3n) is 8.12. The summed E-state index contributed by atoms with van der Waals surface area (Å²) in [4.78, 5) is 3.24. The zero-order valence-electron chi connectivity index (χ0n) is 24.7. The number of aromatic nitrogens is 1. The molecular formula is C37H29ClN2O4S2. The second-order valence-electron chi connectivity index (χ2n) is 11.0. The van der Waals surface area contributed by atoms with Gasteiger partial charge in [0.2, 0.25) is 11.2 Å². The van der Waals surface area contributed by atoms with Crippen LogP contribution in [0.3, 0.4) is 0 Å². The Morgan fingerprint density at radius 1 is 0.848 bits per heavy atom. The van der Waals surface area contributed by atoms with Gasteiger partial charge in [-0.2, -0.15) is 4.57 Å². The van der Waals surface area contributed by atoms with Crippen molar-refractivity contribution in [2.24, 2.45) is 0 Å². The number of hydrogen-bond donors (Lipinski definition) is 0. The van der Waals surface area contributed by atoms with Crippen molar-refractivity contribution in [1.29, 1.82) is 0 Å². The van der Waals surface area contributed by atoms with Gasteiger partial charge >= 0.3 is 0 Å². The van der Waals surface area contributed by atoms with Gasteiger partial charge in [-0.15, -0.1) is 0 Å². The summed E-state index contributed by atoms with van der Waals surface area (Å²) in [6, 6.07) is 39.1. The Kier molecular flexibility index (Phi) is 8.44. The third-order valence-corrected chi connectivity index (χ3v) is 10.3. The average molecular weight is 665 g/mol. The molecule has 0 bridgehead atoms. The van der Waals surface area contributed by atoms with E-state index in [1.807, 2.05) is 24.3 Å². The zero-order chi connectivity index (χ0) is 31.7. The first-order chi connectivity index (χ1) is 22.3. The lowest BCUT2D eigenvalue weighted by atomic mass is 10.0. The molecule has 0 radical (unpaired) electrons. The van der Waals surface area contributed by atoms with Crippen molar-refractivity contribution in [2.75, 3.05) is 18.1 Å². The van der Waals surface area contributed by atoms with Gasteiger partial charge in [-0.05, 0) is 77.4 Å². The monoisotopic (exact) mass is 664 g/mol. The number of anilines is 1. The van der Waals surface area contributed by atoms with E-state index in [1.165, 1.54) is 40.6 Å². The maximum Gasteiger partial charge on any atom is 0.213 e. The van der Waals surface area contributed by atoms with Crippen molar-refractivity contribution >= 4 is 66.9 Å². The number of rotatable bonds is 9. The van der Waals surface area contributed by atoms with Crippen molar-refractivity contribution in [3.05, 3.63) is 143 Å². The molecule has 0 atom stereocenters. The van der Waals surface area contributed by atoms with Gasteiger partial charge < -0.3 is 14.2 Å². The quantitative estimate of drug-likeness (QED) is 0.115. The summed E-state index contributed by atoms with van der Waals surface area (Å²) in [5.41, 5.74) is 4.49. The molecule has 6 nitrogen and oxygen atoms in total. The molecule has 0 saturated heterocycles.